The monoisotopic (exact) mass is 392 g/mol. The van der Waals surface area contributed by atoms with E-state index in [1.807, 2.05) is 6.92 Å². The Morgan fingerprint density at radius 1 is 0.885 bits per heavy atom. The maximum Gasteiger partial charge on any atom is 0.352 e. The van der Waals surface area contributed by atoms with Crippen LogP contribution in [-0.2, 0) is 19.6 Å². The zero-order valence-corrected chi connectivity index (χ0v) is 15.1. The molecule has 1 fully saturated rings. The molecule has 3 rings (SSSR count). The lowest BCUT2D eigenvalue weighted by molar-refractivity contribution is -0.131. The van der Waals surface area contributed by atoms with Gasteiger partial charge in [-0.3, -0.25) is 9.59 Å². The van der Waals surface area contributed by atoms with Crippen molar-refractivity contribution in [3.63, 3.8) is 0 Å². The first kappa shape index (κ1) is 18.1. The van der Waals surface area contributed by atoms with Crippen molar-refractivity contribution in [3.05, 3.63) is 59.1 Å². The van der Waals surface area contributed by atoms with Crippen molar-refractivity contribution >= 4 is 45.2 Å². The number of nitrogens with zero attached hydrogens (tertiary/aromatic N) is 2. The van der Waals surface area contributed by atoms with Gasteiger partial charge in [0, 0.05) is 5.02 Å². The molecular weight excluding hydrogens is 380 g/mol. The first-order chi connectivity index (χ1) is 12.2. The number of halogens is 1. The van der Waals surface area contributed by atoms with E-state index in [0.717, 1.165) is 5.56 Å². The predicted octanol–water partition coefficient (Wildman–Crippen LogP) is 2.72. The molecule has 0 N–H and O–H groups in total. The Labute approximate surface area is 154 Å². The molecule has 0 atom stereocenters. The summed E-state index contributed by atoms with van der Waals surface area (Å²) in [6, 6.07) is 10.2. The smallest absolute Gasteiger partial charge is 0.273 e. The van der Waals surface area contributed by atoms with Crippen LogP contribution in [0, 0.1) is 6.92 Å². The van der Waals surface area contributed by atoms with E-state index in [1.54, 1.807) is 12.1 Å². The average molecular weight is 393 g/mol. The molecule has 9 heteroatoms. The van der Waals surface area contributed by atoms with Crippen LogP contribution in [0.15, 0.2) is 53.4 Å². The van der Waals surface area contributed by atoms with Crippen molar-refractivity contribution in [2.24, 2.45) is 0 Å². The molecule has 0 bridgehead atoms. The lowest BCUT2D eigenvalue weighted by atomic mass is 10.2. The van der Waals surface area contributed by atoms with Crippen molar-refractivity contribution in [1.82, 2.24) is 4.31 Å². The van der Waals surface area contributed by atoms with Gasteiger partial charge in [-0.05, 0) is 43.3 Å². The first-order valence-corrected chi connectivity index (χ1v) is 9.31. The summed E-state index contributed by atoms with van der Waals surface area (Å²) >= 11 is 5.74. The normalized spacial score (nSPS) is 15.5. The van der Waals surface area contributed by atoms with E-state index in [0.29, 0.717) is 9.92 Å². The zero-order valence-electron chi connectivity index (χ0n) is 13.5. The van der Waals surface area contributed by atoms with Crippen LogP contribution in [0.5, 0.6) is 0 Å². The number of hydrogen-bond acceptors (Lipinski definition) is 5. The molecule has 7 nitrogen and oxygen atoms in total. The van der Waals surface area contributed by atoms with Crippen molar-refractivity contribution in [1.29, 1.82) is 0 Å². The molecule has 2 aromatic carbocycles. The number of aryl methyl sites for hydroxylation is 1. The van der Waals surface area contributed by atoms with Crippen LogP contribution in [0.3, 0.4) is 0 Å². The van der Waals surface area contributed by atoms with Crippen molar-refractivity contribution in [2.75, 3.05) is 4.90 Å². The minimum absolute atomic E-state index is 0.123. The maximum atomic E-state index is 12.8. The Morgan fingerprint density at radius 2 is 1.46 bits per heavy atom. The number of carbonyl (C=O) groups is 3. The fourth-order valence-electron chi connectivity index (χ4n) is 2.48. The molecule has 0 radical (unpaired) electrons. The predicted molar refractivity (Wildman–Crippen MR) is 94.2 cm³/mol. The second kappa shape index (κ2) is 6.54. The summed E-state index contributed by atoms with van der Waals surface area (Å²) in [7, 11) is -4.47. The fourth-order valence-corrected chi connectivity index (χ4v) is 3.92. The van der Waals surface area contributed by atoms with Gasteiger partial charge in [-0.1, -0.05) is 29.3 Å². The molecule has 0 unspecified atom stereocenters. The summed E-state index contributed by atoms with van der Waals surface area (Å²) < 4.78 is 25.6. The van der Waals surface area contributed by atoms with Gasteiger partial charge >= 0.3 is 6.03 Å². The third-order valence-electron chi connectivity index (χ3n) is 3.79. The molecule has 0 aliphatic carbocycles. The Hall–Kier alpha value is -2.71. The van der Waals surface area contributed by atoms with Crippen LogP contribution < -0.4 is 4.90 Å². The van der Waals surface area contributed by atoms with E-state index >= 15 is 0 Å². The highest BCUT2D eigenvalue weighted by Gasteiger charge is 2.45. The highest BCUT2D eigenvalue weighted by atomic mass is 35.5. The number of carbonyl (C=O) groups excluding carboxylic acids is 3. The average Bonchev–Trinajstić information content (AvgIpc) is 2.56. The summed E-state index contributed by atoms with van der Waals surface area (Å²) in [4.78, 5) is 37.5. The van der Waals surface area contributed by atoms with Gasteiger partial charge in [0.2, 0.25) is 5.91 Å². The van der Waals surface area contributed by atoms with Gasteiger partial charge in [0.15, 0.2) is 0 Å². The summed E-state index contributed by atoms with van der Waals surface area (Å²) in [6.07, 6.45) is -0.730. The zero-order chi connectivity index (χ0) is 19.1. The molecule has 134 valence electrons. The van der Waals surface area contributed by atoms with Crippen LogP contribution in [0.1, 0.15) is 12.0 Å². The summed E-state index contributed by atoms with van der Waals surface area (Å²) in [5.41, 5.74) is 1.08. The molecule has 0 aromatic heterocycles. The lowest BCUT2D eigenvalue weighted by Gasteiger charge is -2.31. The molecule has 4 amide bonds. The van der Waals surface area contributed by atoms with Crippen LogP contribution >= 0.6 is 11.6 Å². The Morgan fingerprint density at radius 3 is 2.04 bits per heavy atom. The highest BCUT2D eigenvalue weighted by Crippen LogP contribution is 2.27. The molecule has 26 heavy (non-hydrogen) atoms. The van der Waals surface area contributed by atoms with Crippen LogP contribution in [-0.4, -0.2) is 30.6 Å². The second-order valence-electron chi connectivity index (χ2n) is 5.64. The largest absolute Gasteiger partial charge is 0.352 e. The fraction of sp³-hybridized carbons (Fsp3) is 0.118. The van der Waals surface area contributed by atoms with Gasteiger partial charge in [0.25, 0.3) is 15.9 Å². The van der Waals surface area contributed by atoms with Crippen LogP contribution in [0.2, 0.25) is 5.02 Å². The molecule has 1 saturated heterocycles. The van der Waals surface area contributed by atoms with Crippen LogP contribution in [0.25, 0.3) is 0 Å². The van der Waals surface area contributed by atoms with E-state index in [1.165, 1.54) is 36.4 Å². The first-order valence-electron chi connectivity index (χ1n) is 7.49. The quantitative estimate of drug-likeness (QED) is 0.749. The number of barbiturate groups is 1. The molecule has 1 aliphatic rings. The topological polar surface area (TPSA) is 91.8 Å². The minimum Gasteiger partial charge on any atom is -0.273 e. The molecule has 1 heterocycles. The number of amides is 4. The van der Waals surface area contributed by atoms with Crippen molar-refractivity contribution in [2.45, 2.75) is 18.2 Å². The van der Waals surface area contributed by atoms with Gasteiger partial charge in [0.05, 0.1) is 10.6 Å². The molecule has 1 aliphatic heterocycles. The van der Waals surface area contributed by atoms with Crippen LogP contribution in [0.4, 0.5) is 10.5 Å². The highest BCUT2D eigenvalue weighted by molar-refractivity contribution is 7.90. The number of imide groups is 2. The minimum atomic E-state index is -4.47. The molecular formula is C17H13ClN2O5S. The third-order valence-corrected chi connectivity index (χ3v) is 5.75. The van der Waals surface area contributed by atoms with Gasteiger partial charge < -0.3 is 0 Å². The van der Waals surface area contributed by atoms with Gasteiger partial charge in [0.1, 0.15) is 6.42 Å². The van der Waals surface area contributed by atoms with Gasteiger partial charge in [-0.2, -0.15) is 4.31 Å². The number of benzene rings is 2. The third kappa shape index (κ3) is 3.09. The second-order valence-corrected chi connectivity index (χ2v) is 7.86. The summed E-state index contributed by atoms with van der Waals surface area (Å²) in [5, 5.41) is 0.303. The van der Waals surface area contributed by atoms with Gasteiger partial charge in [-0.15, -0.1) is 0 Å². The molecule has 0 spiro atoms. The Kier molecular flexibility index (Phi) is 4.55. The Bertz CT molecular complexity index is 1000. The van der Waals surface area contributed by atoms with E-state index < -0.39 is 34.3 Å². The van der Waals surface area contributed by atoms with Gasteiger partial charge in [-0.25, -0.2) is 18.1 Å². The summed E-state index contributed by atoms with van der Waals surface area (Å²) in [5.74, 6) is -1.88. The van der Waals surface area contributed by atoms with Crippen molar-refractivity contribution in [3.8, 4) is 0 Å². The number of sulfonamides is 1. The van der Waals surface area contributed by atoms with E-state index in [9.17, 15) is 22.8 Å². The number of anilines is 1. The number of hydrogen-bond donors (Lipinski definition) is 0. The maximum absolute atomic E-state index is 12.8. The number of rotatable bonds is 3. The summed E-state index contributed by atoms with van der Waals surface area (Å²) in [6.45, 7) is 1.82. The SMILES string of the molecule is Cc1ccc(N2C(=O)CC(=O)N(S(=O)(=O)c3ccc(Cl)cc3)C2=O)cc1. The number of urea groups is 1. The van der Waals surface area contributed by atoms with E-state index in [4.69, 9.17) is 11.6 Å². The molecule has 2 aromatic rings. The Balaban J connectivity index is 2.05. The molecule has 0 saturated carbocycles. The lowest BCUT2D eigenvalue weighted by Crippen LogP contribution is -2.57. The standard InChI is InChI=1S/C17H13ClN2O5S/c1-11-2-6-13(7-3-11)19-15(21)10-16(22)20(17(19)23)26(24,25)14-8-4-12(18)5-9-14/h2-9H,10H2,1H3. The van der Waals surface area contributed by atoms with Crippen molar-refractivity contribution < 1.29 is 22.8 Å². The van der Waals surface area contributed by atoms with E-state index in [-0.39, 0.29) is 14.9 Å². The van der Waals surface area contributed by atoms with E-state index in [2.05, 4.69) is 0 Å².